The largest absolute Gasteiger partial charge is 0.481 e. The summed E-state index contributed by atoms with van der Waals surface area (Å²) in [5, 5.41) is 12.0. The normalized spacial score (nSPS) is 24.0. The second-order valence-corrected chi connectivity index (χ2v) is 7.89. The van der Waals surface area contributed by atoms with Crippen LogP contribution < -0.4 is 5.32 Å². The summed E-state index contributed by atoms with van der Waals surface area (Å²) in [6, 6.07) is 0.184. The van der Waals surface area contributed by atoms with Crippen molar-refractivity contribution in [3.8, 4) is 0 Å². The number of hydrogen-bond acceptors (Lipinski definition) is 3. The van der Waals surface area contributed by atoms with Crippen molar-refractivity contribution in [3.63, 3.8) is 0 Å². The van der Waals surface area contributed by atoms with Crippen LogP contribution in [0.1, 0.15) is 77.6 Å². The minimum absolute atomic E-state index is 0.00779. The van der Waals surface area contributed by atoms with Crippen LogP contribution in [0.25, 0.3) is 0 Å². The van der Waals surface area contributed by atoms with Gasteiger partial charge in [-0.2, -0.15) is 0 Å². The van der Waals surface area contributed by atoms with E-state index < -0.39 is 5.97 Å². The fourth-order valence-electron chi connectivity index (χ4n) is 4.34. The molecule has 0 radical (unpaired) electrons. The lowest BCUT2D eigenvalue weighted by Gasteiger charge is -2.32. The van der Waals surface area contributed by atoms with Crippen molar-refractivity contribution in [3.05, 3.63) is 0 Å². The van der Waals surface area contributed by atoms with Crippen LogP contribution in [0.3, 0.4) is 0 Å². The van der Waals surface area contributed by atoms with E-state index in [2.05, 4.69) is 5.32 Å². The van der Waals surface area contributed by atoms with Gasteiger partial charge in [-0.15, -0.1) is 0 Å². The third-order valence-electron chi connectivity index (χ3n) is 5.93. The van der Waals surface area contributed by atoms with Gasteiger partial charge in [-0.25, -0.2) is 0 Å². The molecule has 0 bridgehead atoms. The molecule has 0 aromatic rings. The molecular weight excluding hydrogens is 332 g/mol. The fraction of sp³-hybridized carbons (Fsp3) is 0.850. The van der Waals surface area contributed by atoms with Gasteiger partial charge in [0.2, 0.25) is 11.8 Å². The van der Waals surface area contributed by atoms with Gasteiger partial charge >= 0.3 is 5.97 Å². The quantitative estimate of drug-likeness (QED) is 0.691. The maximum Gasteiger partial charge on any atom is 0.305 e. The molecule has 2 aliphatic carbocycles. The van der Waals surface area contributed by atoms with Crippen LogP contribution in [-0.4, -0.2) is 46.9 Å². The molecule has 2 rings (SSSR count). The third-order valence-corrected chi connectivity index (χ3v) is 5.93. The number of amides is 2. The van der Waals surface area contributed by atoms with Crippen molar-refractivity contribution in [1.82, 2.24) is 10.2 Å². The predicted molar refractivity (Wildman–Crippen MR) is 99.6 cm³/mol. The summed E-state index contributed by atoms with van der Waals surface area (Å²) in [6.07, 6.45) is 10.0. The Morgan fingerprint density at radius 2 is 1.65 bits per heavy atom. The summed E-state index contributed by atoms with van der Waals surface area (Å²) in [5.74, 6) is -0.117. The van der Waals surface area contributed by atoms with Crippen molar-refractivity contribution in [2.24, 2.45) is 11.8 Å². The minimum atomic E-state index is -0.874. The van der Waals surface area contributed by atoms with Gasteiger partial charge in [0, 0.05) is 31.5 Å². The molecule has 2 saturated carbocycles. The van der Waals surface area contributed by atoms with Gasteiger partial charge in [0.25, 0.3) is 0 Å². The van der Waals surface area contributed by atoms with E-state index in [0.717, 1.165) is 25.7 Å². The van der Waals surface area contributed by atoms with E-state index in [0.29, 0.717) is 18.9 Å². The number of nitrogens with zero attached hydrogens (tertiary/aromatic N) is 1. The highest BCUT2D eigenvalue weighted by Gasteiger charge is 2.30. The maximum absolute atomic E-state index is 12.6. The number of carbonyl (C=O) groups excluding carboxylic acids is 2. The number of hydrogen-bond donors (Lipinski definition) is 2. The molecule has 2 fully saturated rings. The van der Waals surface area contributed by atoms with Crippen LogP contribution in [0.2, 0.25) is 0 Å². The average Bonchev–Trinajstić information content (AvgIpc) is 2.63. The summed E-state index contributed by atoms with van der Waals surface area (Å²) in [5.41, 5.74) is 0. The van der Waals surface area contributed by atoms with Gasteiger partial charge in [0.05, 0.1) is 6.42 Å². The lowest BCUT2D eigenvalue weighted by atomic mass is 9.84. The molecule has 0 aliphatic heterocycles. The highest BCUT2D eigenvalue weighted by atomic mass is 16.4. The maximum atomic E-state index is 12.6. The van der Waals surface area contributed by atoms with E-state index >= 15 is 0 Å². The van der Waals surface area contributed by atoms with Crippen molar-refractivity contribution in [2.75, 3.05) is 13.1 Å². The first kappa shape index (κ1) is 20.7. The first-order valence-electron chi connectivity index (χ1n) is 10.3. The summed E-state index contributed by atoms with van der Waals surface area (Å²) in [4.78, 5) is 37.2. The Balaban J connectivity index is 1.70. The highest BCUT2D eigenvalue weighted by molar-refractivity contribution is 5.80. The van der Waals surface area contributed by atoms with Crippen LogP contribution in [0.5, 0.6) is 0 Å². The number of aliphatic carboxylic acids is 1. The van der Waals surface area contributed by atoms with Crippen molar-refractivity contribution in [1.29, 1.82) is 0 Å². The molecule has 0 saturated heterocycles. The van der Waals surface area contributed by atoms with Gasteiger partial charge in [-0.1, -0.05) is 19.3 Å². The number of carbonyl (C=O) groups is 3. The predicted octanol–water partition coefficient (Wildman–Crippen LogP) is 2.96. The first-order valence-corrected chi connectivity index (χ1v) is 10.3. The third kappa shape index (κ3) is 6.61. The van der Waals surface area contributed by atoms with E-state index in [1.165, 1.54) is 32.1 Å². The number of nitrogens with one attached hydrogen (secondary N) is 1. The Kier molecular flexibility index (Phi) is 8.39. The van der Waals surface area contributed by atoms with Gasteiger partial charge in [-0.3, -0.25) is 14.4 Å². The molecule has 0 spiro atoms. The van der Waals surface area contributed by atoms with Crippen LogP contribution in [-0.2, 0) is 14.4 Å². The van der Waals surface area contributed by atoms with Crippen LogP contribution in [0, 0.1) is 11.8 Å². The molecule has 26 heavy (non-hydrogen) atoms. The molecule has 0 aromatic carbocycles. The topological polar surface area (TPSA) is 86.7 Å². The second kappa shape index (κ2) is 10.5. The van der Waals surface area contributed by atoms with Gasteiger partial charge in [0.15, 0.2) is 0 Å². The Bertz CT molecular complexity index is 480. The molecule has 6 heteroatoms. The zero-order valence-corrected chi connectivity index (χ0v) is 16.0. The van der Waals surface area contributed by atoms with Gasteiger partial charge in [0.1, 0.15) is 0 Å². The van der Waals surface area contributed by atoms with E-state index in [1.807, 2.05) is 6.92 Å². The number of carboxylic acids is 1. The van der Waals surface area contributed by atoms with E-state index in [-0.39, 0.29) is 36.7 Å². The highest BCUT2D eigenvalue weighted by Crippen LogP contribution is 2.28. The molecule has 0 heterocycles. The Labute approximate surface area is 156 Å². The molecule has 0 unspecified atom stereocenters. The van der Waals surface area contributed by atoms with E-state index in [4.69, 9.17) is 5.11 Å². The summed E-state index contributed by atoms with van der Waals surface area (Å²) >= 11 is 0. The van der Waals surface area contributed by atoms with Crippen LogP contribution in [0.15, 0.2) is 0 Å². The fourth-order valence-corrected chi connectivity index (χ4v) is 4.34. The van der Waals surface area contributed by atoms with Crippen LogP contribution >= 0.6 is 0 Å². The minimum Gasteiger partial charge on any atom is -0.481 e. The second-order valence-electron chi connectivity index (χ2n) is 7.89. The van der Waals surface area contributed by atoms with Crippen molar-refractivity contribution < 1.29 is 19.5 Å². The summed E-state index contributed by atoms with van der Waals surface area (Å²) < 4.78 is 0. The molecule has 0 atom stereocenters. The summed E-state index contributed by atoms with van der Waals surface area (Å²) in [7, 11) is 0. The number of rotatable bonds is 8. The molecular formula is C20H34N2O4. The summed E-state index contributed by atoms with van der Waals surface area (Å²) in [6.45, 7) is 2.71. The molecule has 148 valence electrons. The SMILES string of the molecule is CCN(CCC(=O)O)C(=O)C1CCC(NC(=O)CC2CCCCC2)CC1. The number of carboxylic acid groups (broad SMARTS) is 1. The Morgan fingerprint density at radius 3 is 2.23 bits per heavy atom. The molecule has 6 nitrogen and oxygen atoms in total. The Morgan fingerprint density at radius 1 is 1.00 bits per heavy atom. The molecule has 2 amide bonds. The van der Waals surface area contributed by atoms with Gasteiger partial charge < -0.3 is 15.3 Å². The zero-order valence-electron chi connectivity index (χ0n) is 16.0. The standard InChI is InChI=1S/C20H34N2O4/c1-2-22(13-12-19(24)25)20(26)16-8-10-17(11-9-16)21-18(23)14-15-6-4-3-5-7-15/h15-17H,2-14H2,1H3,(H,21,23)(H,24,25). The van der Waals surface area contributed by atoms with E-state index in [9.17, 15) is 14.4 Å². The zero-order chi connectivity index (χ0) is 18.9. The first-order chi connectivity index (χ1) is 12.5. The molecule has 0 aromatic heterocycles. The smallest absolute Gasteiger partial charge is 0.305 e. The average molecular weight is 367 g/mol. The van der Waals surface area contributed by atoms with Crippen molar-refractivity contribution >= 4 is 17.8 Å². The lowest BCUT2D eigenvalue weighted by Crippen LogP contribution is -2.43. The van der Waals surface area contributed by atoms with Crippen molar-refractivity contribution in [2.45, 2.75) is 83.6 Å². The van der Waals surface area contributed by atoms with E-state index in [1.54, 1.807) is 4.90 Å². The lowest BCUT2D eigenvalue weighted by molar-refractivity contribution is -0.140. The molecule has 2 aliphatic rings. The molecule has 2 N–H and O–H groups in total. The van der Waals surface area contributed by atoms with Crippen LogP contribution in [0.4, 0.5) is 0 Å². The monoisotopic (exact) mass is 366 g/mol. The van der Waals surface area contributed by atoms with Gasteiger partial charge in [-0.05, 0) is 51.4 Å². The Hall–Kier alpha value is -1.59.